The highest BCUT2D eigenvalue weighted by Crippen LogP contribution is 2.26. The number of rotatable bonds is 21. The van der Waals surface area contributed by atoms with Crippen molar-refractivity contribution in [3.8, 4) is 0 Å². The van der Waals surface area contributed by atoms with Gasteiger partial charge < -0.3 is 57.4 Å². The van der Waals surface area contributed by atoms with Gasteiger partial charge in [0.05, 0.1) is 19.3 Å². The highest BCUT2D eigenvalue weighted by Gasteiger charge is 2.44. The molecule has 2 saturated heterocycles. The van der Waals surface area contributed by atoms with E-state index in [1.165, 1.54) is 9.80 Å². The minimum Gasteiger partial charge on any atom is -0.480 e. The molecule has 19 nitrogen and oxygen atoms in total. The lowest BCUT2D eigenvalue weighted by Gasteiger charge is -2.34. The van der Waals surface area contributed by atoms with Gasteiger partial charge in [0.25, 0.3) is 0 Å². The van der Waals surface area contributed by atoms with Crippen molar-refractivity contribution in [2.75, 3.05) is 26.3 Å². The Morgan fingerprint density at radius 2 is 1.18 bits per heavy atom. The largest absolute Gasteiger partial charge is 0.480 e. The minimum absolute atomic E-state index is 0.0285. The second kappa shape index (κ2) is 23.0. The van der Waals surface area contributed by atoms with Crippen LogP contribution < -0.4 is 32.3 Å². The monoisotopic (exact) mass is 844 g/mol. The number of carboxylic acid groups (broad SMARTS) is 1. The van der Waals surface area contributed by atoms with E-state index in [4.69, 9.17) is 5.73 Å². The van der Waals surface area contributed by atoms with E-state index in [2.05, 4.69) is 26.6 Å². The molecule has 7 amide bonds. The topological polar surface area (TPSA) is 290 Å². The molecule has 2 heterocycles. The van der Waals surface area contributed by atoms with Crippen LogP contribution in [-0.2, 0) is 44.8 Å². The number of likely N-dealkylation sites (tertiary alicyclic amines) is 2. The van der Waals surface area contributed by atoms with Crippen molar-refractivity contribution < 1.29 is 53.7 Å². The first kappa shape index (κ1) is 49.2. The Balaban J connectivity index is 1.73. The summed E-state index contributed by atoms with van der Waals surface area (Å²) < 4.78 is 0. The van der Waals surface area contributed by atoms with Crippen molar-refractivity contribution in [1.82, 2.24) is 36.4 Å². The van der Waals surface area contributed by atoms with Crippen LogP contribution in [-0.4, -0.2) is 147 Å². The number of aliphatic hydroxyl groups excluding tert-OH is 2. The molecule has 10 N–H and O–H groups in total. The fourth-order valence-corrected chi connectivity index (χ4v) is 7.40. The van der Waals surface area contributed by atoms with Crippen LogP contribution >= 0.6 is 0 Å². The first-order chi connectivity index (χ1) is 28.3. The van der Waals surface area contributed by atoms with Crippen molar-refractivity contribution in [3.05, 3.63) is 35.9 Å². The van der Waals surface area contributed by atoms with E-state index in [-0.39, 0.29) is 38.3 Å². The zero-order chi connectivity index (χ0) is 44.8. The molecule has 0 spiro atoms. The molecule has 2 aliphatic heterocycles. The van der Waals surface area contributed by atoms with Gasteiger partial charge in [-0.3, -0.25) is 33.6 Å². The number of carbonyl (C=O) groups excluding carboxylic acids is 7. The normalized spacial score (nSPS) is 19.5. The zero-order valence-electron chi connectivity index (χ0n) is 35.4. The Kier molecular flexibility index (Phi) is 18.9. The first-order valence-corrected chi connectivity index (χ1v) is 20.7. The van der Waals surface area contributed by atoms with Crippen LogP contribution in [0.4, 0.5) is 0 Å². The van der Waals surface area contributed by atoms with Gasteiger partial charge in [0.1, 0.15) is 42.3 Å². The van der Waals surface area contributed by atoms with Gasteiger partial charge in [0.2, 0.25) is 41.4 Å². The van der Waals surface area contributed by atoms with Crippen molar-refractivity contribution in [3.63, 3.8) is 0 Å². The SMILES string of the molecule is CC(C)C[C@H](N)C(=O)N[C@H](C(=O)N[C@@H](CO)C(=O)N1CCC[C@H]1C(=O)N1CCC[C@H]1C(=O)N[C@H](C(=O)N[C@@H](Cc1ccccc1)C(=O)N[C@@H](CO)C(=O)O)C(C)C)C(C)C. The van der Waals surface area contributed by atoms with Crippen LogP contribution in [0.1, 0.15) is 79.2 Å². The maximum atomic E-state index is 14.1. The number of hydrogen-bond acceptors (Lipinski definition) is 11. The average Bonchev–Trinajstić information content (AvgIpc) is 3.90. The van der Waals surface area contributed by atoms with Crippen LogP contribution in [0.5, 0.6) is 0 Å². The molecule has 334 valence electrons. The highest BCUT2D eigenvalue weighted by molar-refractivity contribution is 5.98. The number of hydrogen-bond donors (Lipinski definition) is 9. The average molecular weight is 845 g/mol. The molecule has 0 aliphatic carbocycles. The smallest absolute Gasteiger partial charge is 0.328 e. The zero-order valence-corrected chi connectivity index (χ0v) is 35.4. The molecule has 0 saturated carbocycles. The number of amides is 7. The molecule has 60 heavy (non-hydrogen) atoms. The molecular weight excluding hydrogens is 780 g/mol. The van der Waals surface area contributed by atoms with Crippen molar-refractivity contribution in [2.24, 2.45) is 23.5 Å². The number of nitrogens with two attached hydrogens (primary N) is 1. The van der Waals surface area contributed by atoms with E-state index in [0.29, 0.717) is 24.8 Å². The Morgan fingerprint density at radius 1 is 0.667 bits per heavy atom. The number of nitrogens with one attached hydrogen (secondary N) is 5. The molecule has 1 aromatic carbocycles. The lowest BCUT2D eigenvalue weighted by atomic mass is 10.00. The summed E-state index contributed by atoms with van der Waals surface area (Å²) in [4.78, 5) is 109. The van der Waals surface area contributed by atoms with Gasteiger partial charge in [-0.15, -0.1) is 0 Å². The predicted molar refractivity (Wildman–Crippen MR) is 218 cm³/mol. The molecule has 0 bridgehead atoms. The van der Waals surface area contributed by atoms with Gasteiger partial charge >= 0.3 is 5.97 Å². The van der Waals surface area contributed by atoms with Gasteiger partial charge in [0.15, 0.2) is 0 Å². The quantitative estimate of drug-likeness (QED) is 0.0676. The fourth-order valence-electron chi connectivity index (χ4n) is 7.40. The number of aliphatic hydroxyl groups is 2. The second-order valence-corrected chi connectivity index (χ2v) is 16.7. The summed E-state index contributed by atoms with van der Waals surface area (Å²) in [5.41, 5.74) is 6.67. The third-order valence-electron chi connectivity index (χ3n) is 10.7. The van der Waals surface area contributed by atoms with Crippen molar-refractivity contribution >= 4 is 47.3 Å². The molecule has 19 heteroatoms. The highest BCUT2D eigenvalue weighted by atomic mass is 16.4. The summed E-state index contributed by atoms with van der Waals surface area (Å²) in [5.74, 6) is -6.88. The lowest BCUT2D eigenvalue weighted by Crippen LogP contribution is -2.61. The Morgan fingerprint density at radius 3 is 1.72 bits per heavy atom. The van der Waals surface area contributed by atoms with E-state index in [1.54, 1.807) is 58.0 Å². The van der Waals surface area contributed by atoms with Gasteiger partial charge in [-0.2, -0.15) is 0 Å². The molecular formula is C41H64N8O11. The van der Waals surface area contributed by atoms with E-state index >= 15 is 0 Å². The molecule has 1 aromatic rings. The Bertz CT molecular complexity index is 1680. The van der Waals surface area contributed by atoms with Crippen LogP contribution in [0.3, 0.4) is 0 Å². The molecule has 0 aromatic heterocycles. The number of aliphatic carboxylic acids is 1. The van der Waals surface area contributed by atoms with E-state index in [0.717, 1.165) is 0 Å². The third-order valence-corrected chi connectivity index (χ3v) is 10.7. The number of benzene rings is 1. The van der Waals surface area contributed by atoms with Crippen molar-refractivity contribution in [2.45, 2.75) is 128 Å². The molecule has 3 rings (SSSR count). The third kappa shape index (κ3) is 13.4. The predicted octanol–water partition coefficient (Wildman–Crippen LogP) is -1.61. The van der Waals surface area contributed by atoms with Gasteiger partial charge in [-0.25, -0.2) is 4.79 Å². The minimum atomic E-state index is -1.62. The van der Waals surface area contributed by atoms with Crippen molar-refractivity contribution in [1.29, 1.82) is 0 Å². The molecule has 0 unspecified atom stereocenters. The number of carboxylic acids is 1. The van der Waals surface area contributed by atoms with Crippen LogP contribution in [0.25, 0.3) is 0 Å². The number of nitrogens with zero attached hydrogens (tertiary/aromatic N) is 2. The summed E-state index contributed by atoms with van der Waals surface area (Å²) in [6.07, 6.45) is 1.79. The van der Waals surface area contributed by atoms with Crippen LogP contribution in [0.2, 0.25) is 0 Å². The van der Waals surface area contributed by atoms with E-state index < -0.39 is 121 Å². The summed E-state index contributed by atoms with van der Waals surface area (Å²) in [5, 5.41) is 41.9. The van der Waals surface area contributed by atoms with Gasteiger partial charge in [-0.1, -0.05) is 71.9 Å². The molecule has 2 fully saturated rings. The second-order valence-electron chi connectivity index (χ2n) is 16.7. The summed E-state index contributed by atoms with van der Waals surface area (Å²) in [7, 11) is 0. The molecule has 8 atom stereocenters. The molecule has 0 radical (unpaired) electrons. The Labute approximate surface area is 350 Å². The van der Waals surface area contributed by atoms with Gasteiger partial charge in [-0.05, 0) is 55.4 Å². The first-order valence-electron chi connectivity index (χ1n) is 20.7. The van der Waals surface area contributed by atoms with E-state index in [9.17, 15) is 53.7 Å². The fraction of sp³-hybridized carbons (Fsp3) is 0.659. The number of carbonyl (C=O) groups is 8. The standard InChI is InChI=1S/C41H64N8O11/c1-22(2)18-26(42)34(52)46-32(23(3)4)38(56)44-28(20-50)39(57)49-17-11-15-31(49)40(58)48-16-10-14-30(48)36(54)47-33(24(5)6)37(55)43-27(19-25-12-8-7-9-13-25)35(53)45-29(21-51)41(59)60/h7-9,12-13,22-24,26-33,50-51H,10-11,14-21,42H2,1-6H3,(H,43,55)(H,44,56)(H,45,53)(H,46,52)(H,47,54)(H,59,60)/t26-,27-,28-,29-,30-,31-,32-,33-/m0/s1. The lowest BCUT2D eigenvalue weighted by molar-refractivity contribution is -0.148. The summed E-state index contributed by atoms with van der Waals surface area (Å²) in [6, 6.07) is -0.756. The summed E-state index contributed by atoms with van der Waals surface area (Å²) >= 11 is 0. The maximum absolute atomic E-state index is 14.1. The van der Waals surface area contributed by atoms with E-state index in [1.807, 2.05) is 13.8 Å². The molecule has 2 aliphatic rings. The van der Waals surface area contributed by atoms with Gasteiger partial charge in [0, 0.05) is 19.5 Å². The Hall–Kier alpha value is -5.14. The summed E-state index contributed by atoms with van der Waals surface area (Å²) in [6.45, 7) is 9.28. The van der Waals surface area contributed by atoms with Crippen LogP contribution in [0, 0.1) is 17.8 Å². The van der Waals surface area contributed by atoms with Crippen LogP contribution in [0.15, 0.2) is 30.3 Å². The maximum Gasteiger partial charge on any atom is 0.328 e.